The number of pyridine rings is 1. The molecule has 0 aliphatic carbocycles. The highest BCUT2D eigenvalue weighted by Crippen LogP contribution is 2.31. The number of likely N-dealkylation sites (tertiary alicyclic amines) is 1. The molecule has 3 heterocycles. The summed E-state index contributed by atoms with van der Waals surface area (Å²) in [5.41, 5.74) is 3.71. The first-order valence-corrected chi connectivity index (χ1v) is 10.7. The molecule has 6 nitrogen and oxygen atoms in total. The van der Waals surface area contributed by atoms with Crippen LogP contribution < -0.4 is 0 Å². The van der Waals surface area contributed by atoms with Gasteiger partial charge in [0.25, 0.3) is 0 Å². The van der Waals surface area contributed by atoms with Gasteiger partial charge in [-0.3, -0.25) is 0 Å². The normalized spacial score (nSPS) is 16.5. The molecule has 2 aromatic heterocycles. The maximum atomic E-state index is 12.4. The molecule has 0 radical (unpaired) electrons. The van der Waals surface area contributed by atoms with E-state index in [0.29, 0.717) is 29.7 Å². The van der Waals surface area contributed by atoms with Crippen LogP contribution in [0.25, 0.3) is 22.2 Å². The Bertz CT molecular complexity index is 1160. The standard InChI is InChI=1S/C24H25ClN4O2/c1-24(2,3)31-23(30)29-10-8-17(15-29)14-28-11-9-20-21(28)12-19(22(25)27-20)18-6-4-16(13-26)5-7-18/h4-7,9,11-12,17H,8,10,14-15H2,1-3H3/t17-/m0/s1. The summed E-state index contributed by atoms with van der Waals surface area (Å²) in [6, 6.07) is 13.5. The van der Waals surface area contributed by atoms with Gasteiger partial charge < -0.3 is 14.2 Å². The Morgan fingerprint density at radius 1 is 1.29 bits per heavy atom. The van der Waals surface area contributed by atoms with E-state index in [1.165, 1.54) is 0 Å². The Balaban J connectivity index is 1.54. The fourth-order valence-electron chi connectivity index (χ4n) is 3.93. The Morgan fingerprint density at radius 2 is 2.03 bits per heavy atom. The number of carbonyl (C=O) groups excluding carboxylic acids is 1. The number of rotatable bonds is 3. The molecule has 1 saturated heterocycles. The van der Waals surface area contributed by atoms with Crippen molar-refractivity contribution in [2.45, 2.75) is 39.3 Å². The van der Waals surface area contributed by atoms with Gasteiger partial charge in [0.15, 0.2) is 0 Å². The lowest BCUT2D eigenvalue weighted by atomic mass is 10.1. The number of nitriles is 1. The number of halogens is 1. The maximum absolute atomic E-state index is 12.4. The molecule has 7 heteroatoms. The second kappa shape index (κ2) is 8.24. The summed E-state index contributed by atoms with van der Waals surface area (Å²) in [6.45, 7) is 7.83. The number of nitrogens with zero attached hydrogens (tertiary/aromatic N) is 4. The smallest absolute Gasteiger partial charge is 0.410 e. The first-order valence-electron chi connectivity index (χ1n) is 10.4. The molecule has 4 rings (SSSR count). The van der Waals surface area contributed by atoms with Crippen LogP contribution in [0.2, 0.25) is 5.15 Å². The largest absolute Gasteiger partial charge is 0.444 e. The van der Waals surface area contributed by atoms with Crippen LogP contribution >= 0.6 is 11.6 Å². The lowest BCUT2D eigenvalue weighted by Crippen LogP contribution is -2.35. The summed E-state index contributed by atoms with van der Waals surface area (Å²) in [6.07, 6.45) is 2.71. The van der Waals surface area contributed by atoms with E-state index in [4.69, 9.17) is 21.6 Å². The third kappa shape index (κ3) is 4.67. The second-order valence-corrected chi connectivity index (χ2v) is 9.33. The van der Waals surface area contributed by atoms with Gasteiger partial charge in [0.1, 0.15) is 10.8 Å². The van der Waals surface area contributed by atoms with Crippen LogP contribution in [-0.2, 0) is 11.3 Å². The zero-order chi connectivity index (χ0) is 22.2. The quantitative estimate of drug-likeness (QED) is 0.509. The minimum absolute atomic E-state index is 0.246. The molecule has 0 N–H and O–H groups in total. The lowest BCUT2D eigenvalue weighted by Gasteiger charge is -2.24. The molecule has 31 heavy (non-hydrogen) atoms. The molecule has 1 amide bonds. The van der Waals surface area contributed by atoms with Gasteiger partial charge in [-0.15, -0.1) is 0 Å². The predicted molar refractivity (Wildman–Crippen MR) is 121 cm³/mol. The molecule has 0 bridgehead atoms. The van der Waals surface area contributed by atoms with Crippen LogP contribution in [0.15, 0.2) is 42.6 Å². The number of amides is 1. The summed E-state index contributed by atoms with van der Waals surface area (Å²) in [5, 5.41) is 9.46. The predicted octanol–water partition coefficient (Wildman–Crippen LogP) is 5.49. The zero-order valence-corrected chi connectivity index (χ0v) is 18.7. The summed E-state index contributed by atoms with van der Waals surface area (Å²) in [5.74, 6) is 0.345. The van der Waals surface area contributed by atoms with Crippen molar-refractivity contribution >= 4 is 28.7 Å². The van der Waals surface area contributed by atoms with Crippen molar-refractivity contribution in [2.75, 3.05) is 13.1 Å². The molecular weight excluding hydrogens is 412 g/mol. The van der Waals surface area contributed by atoms with E-state index in [1.807, 2.05) is 51.2 Å². The van der Waals surface area contributed by atoms with Crippen molar-refractivity contribution in [3.63, 3.8) is 0 Å². The molecule has 1 fully saturated rings. The number of fused-ring (bicyclic) bond motifs is 1. The fraction of sp³-hybridized carbons (Fsp3) is 0.375. The van der Waals surface area contributed by atoms with E-state index in [-0.39, 0.29) is 6.09 Å². The Hall–Kier alpha value is -3.04. The van der Waals surface area contributed by atoms with Crippen molar-refractivity contribution in [3.05, 3.63) is 53.3 Å². The lowest BCUT2D eigenvalue weighted by molar-refractivity contribution is 0.0287. The van der Waals surface area contributed by atoms with Crippen molar-refractivity contribution in [1.82, 2.24) is 14.5 Å². The monoisotopic (exact) mass is 436 g/mol. The van der Waals surface area contributed by atoms with Crippen LogP contribution in [-0.4, -0.2) is 39.2 Å². The summed E-state index contributed by atoms with van der Waals surface area (Å²) in [7, 11) is 0. The highest BCUT2D eigenvalue weighted by atomic mass is 35.5. The van der Waals surface area contributed by atoms with Crippen LogP contribution in [0.5, 0.6) is 0 Å². The minimum atomic E-state index is -0.488. The minimum Gasteiger partial charge on any atom is -0.444 e. The number of hydrogen-bond donors (Lipinski definition) is 0. The first-order chi connectivity index (χ1) is 14.7. The van der Waals surface area contributed by atoms with Gasteiger partial charge >= 0.3 is 6.09 Å². The molecule has 0 saturated carbocycles. The van der Waals surface area contributed by atoms with Gasteiger partial charge in [-0.2, -0.15) is 5.26 Å². The Morgan fingerprint density at radius 3 is 2.71 bits per heavy atom. The van der Waals surface area contributed by atoms with E-state index in [9.17, 15) is 4.79 Å². The number of benzene rings is 1. The van der Waals surface area contributed by atoms with Crippen molar-refractivity contribution in [1.29, 1.82) is 5.26 Å². The van der Waals surface area contributed by atoms with Crippen molar-refractivity contribution < 1.29 is 9.53 Å². The maximum Gasteiger partial charge on any atom is 0.410 e. The molecule has 3 aromatic rings. The van der Waals surface area contributed by atoms with E-state index in [2.05, 4.69) is 15.6 Å². The molecule has 0 unspecified atom stereocenters. The van der Waals surface area contributed by atoms with Gasteiger partial charge in [-0.05, 0) is 62.9 Å². The van der Waals surface area contributed by atoms with Crippen LogP contribution in [0.1, 0.15) is 32.8 Å². The zero-order valence-electron chi connectivity index (χ0n) is 17.9. The van der Waals surface area contributed by atoms with Gasteiger partial charge in [-0.25, -0.2) is 9.78 Å². The summed E-state index contributed by atoms with van der Waals surface area (Å²) < 4.78 is 7.68. The van der Waals surface area contributed by atoms with E-state index in [1.54, 1.807) is 17.0 Å². The average molecular weight is 437 g/mol. The van der Waals surface area contributed by atoms with E-state index in [0.717, 1.165) is 35.1 Å². The third-order valence-electron chi connectivity index (χ3n) is 5.42. The molecule has 1 atom stereocenters. The molecular formula is C24H25ClN4O2. The number of carbonyl (C=O) groups is 1. The SMILES string of the molecule is CC(C)(C)OC(=O)N1CC[C@@H](Cn2ccc3nc(Cl)c(-c4ccc(C#N)cc4)cc32)C1. The van der Waals surface area contributed by atoms with Crippen LogP contribution in [0.3, 0.4) is 0 Å². The highest BCUT2D eigenvalue weighted by molar-refractivity contribution is 6.32. The van der Waals surface area contributed by atoms with Gasteiger partial charge in [0, 0.05) is 31.4 Å². The average Bonchev–Trinajstić information content (AvgIpc) is 3.34. The number of aromatic nitrogens is 2. The van der Waals surface area contributed by atoms with Crippen LogP contribution in [0, 0.1) is 17.2 Å². The number of ether oxygens (including phenoxy) is 1. The molecule has 1 aliphatic heterocycles. The Labute approximate surface area is 187 Å². The van der Waals surface area contributed by atoms with Crippen molar-refractivity contribution in [3.8, 4) is 17.2 Å². The van der Waals surface area contributed by atoms with E-state index >= 15 is 0 Å². The van der Waals surface area contributed by atoms with Gasteiger partial charge in [0.05, 0.1) is 22.7 Å². The first kappa shape index (κ1) is 21.2. The van der Waals surface area contributed by atoms with Gasteiger partial charge in [-0.1, -0.05) is 23.7 Å². The third-order valence-corrected chi connectivity index (χ3v) is 5.71. The molecule has 1 aliphatic rings. The second-order valence-electron chi connectivity index (χ2n) is 8.97. The van der Waals surface area contributed by atoms with E-state index < -0.39 is 5.60 Å². The fourth-order valence-corrected chi connectivity index (χ4v) is 4.18. The Kier molecular flexibility index (Phi) is 5.63. The topological polar surface area (TPSA) is 71.2 Å². The summed E-state index contributed by atoms with van der Waals surface area (Å²) in [4.78, 5) is 18.7. The van der Waals surface area contributed by atoms with Crippen LogP contribution in [0.4, 0.5) is 4.79 Å². The van der Waals surface area contributed by atoms with Crippen molar-refractivity contribution in [2.24, 2.45) is 5.92 Å². The van der Waals surface area contributed by atoms with Gasteiger partial charge in [0.2, 0.25) is 0 Å². The summed E-state index contributed by atoms with van der Waals surface area (Å²) >= 11 is 6.45. The molecule has 160 valence electrons. The highest BCUT2D eigenvalue weighted by Gasteiger charge is 2.30. The number of hydrogen-bond acceptors (Lipinski definition) is 4. The molecule has 0 spiro atoms. The molecule has 1 aromatic carbocycles.